The van der Waals surface area contributed by atoms with E-state index in [-0.39, 0.29) is 17.6 Å². The molecule has 0 spiro atoms. The highest BCUT2D eigenvalue weighted by molar-refractivity contribution is 7.90. The Hall–Kier alpha value is -1.56. The predicted octanol–water partition coefficient (Wildman–Crippen LogP) is 9.65. The zero-order valence-electron chi connectivity index (χ0n) is 24.5. The Morgan fingerprint density at radius 3 is 1.43 bits per heavy atom. The SMILES string of the molecule is CCCCCCCCCCCCCCCCCCS(=O)(=O)NC(=O)Nc1c(C(C)C)cccc1C(C)C. The summed E-state index contributed by atoms with van der Waals surface area (Å²) in [5, 5.41) is 2.82. The fourth-order valence-corrected chi connectivity index (χ4v) is 5.89. The molecular formula is C31H56N2O3S. The van der Waals surface area contributed by atoms with Crippen LogP contribution in [0.4, 0.5) is 10.5 Å². The predicted molar refractivity (Wildman–Crippen MR) is 160 cm³/mol. The minimum atomic E-state index is -3.65. The molecule has 0 atom stereocenters. The molecule has 6 heteroatoms. The molecule has 1 aromatic carbocycles. The number of carbonyl (C=O) groups is 1. The van der Waals surface area contributed by atoms with Gasteiger partial charge in [0.05, 0.1) is 5.75 Å². The molecule has 0 aliphatic heterocycles. The van der Waals surface area contributed by atoms with Crippen molar-refractivity contribution in [2.24, 2.45) is 0 Å². The zero-order valence-corrected chi connectivity index (χ0v) is 25.4. The number of anilines is 1. The molecule has 0 saturated heterocycles. The molecule has 0 heterocycles. The van der Waals surface area contributed by atoms with Crippen LogP contribution in [0.5, 0.6) is 0 Å². The highest BCUT2D eigenvalue weighted by atomic mass is 32.2. The summed E-state index contributed by atoms with van der Waals surface area (Å²) in [6, 6.07) is 5.28. The third-order valence-corrected chi connectivity index (χ3v) is 8.45. The average Bonchev–Trinajstić information content (AvgIpc) is 2.83. The van der Waals surface area contributed by atoms with Gasteiger partial charge in [0.2, 0.25) is 10.0 Å². The number of carbonyl (C=O) groups excluding carboxylic acids is 1. The summed E-state index contributed by atoms with van der Waals surface area (Å²) in [7, 11) is -3.65. The van der Waals surface area contributed by atoms with Gasteiger partial charge in [0, 0.05) is 5.69 Å². The van der Waals surface area contributed by atoms with Crippen LogP contribution in [0.25, 0.3) is 0 Å². The van der Waals surface area contributed by atoms with Crippen LogP contribution >= 0.6 is 0 Å². The Bertz CT molecular complexity index is 824. The molecule has 1 rings (SSSR count). The van der Waals surface area contributed by atoms with E-state index in [0.717, 1.165) is 36.1 Å². The Morgan fingerprint density at radius 1 is 0.676 bits per heavy atom. The van der Waals surface area contributed by atoms with Crippen molar-refractivity contribution in [2.75, 3.05) is 11.1 Å². The van der Waals surface area contributed by atoms with Crippen molar-refractivity contribution in [1.29, 1.82) is 0 Å². The van der Waals surface area contributed by atoms with E-state index in [1.807, 2.05) is 18.2 Å². The van der Waals surface area contributed by atoms with Crippen LogP contribution in [-0.4, -0.2) is 20.2 Å². The number of hydrogen-bond acceptors (Lipinski definition) is 3. The number of unbranched alkanes of at least 4 members (excludes halogenated alkanes) is 15. The summed E-state index contributed by atoms with van der Waals surface area (Å²) in [6.45, 7) is 10.5. The first-order valence-electron chi connectivity index (χ1n) is 15.1. The van der Waals surface area contributed by atoms with Gasteiger partial charge < -0.3 is 5.32 Å². The molecular weight excluding hydrogens is 480 g/mol. The quantitative estimate of drug-likeness (QED) is 0.154. The van der Waals surface area contributed by atoms with Gasteiger partial charge in [0.1, 0.15) is 0 Å². The van der Waals surface area contributed by atoms with Crippen molar-refractivity contribution in [1.82, 2.24) is 4.72 Å². The minimum Gasteiger partial charge on any atom is -0.307 e. The monoisotopic (exact) mass is 536 g/mol. The molecule has 37 heavy (non-hydrogen) atoms. The second kappa shape index (κ2) is 19.5. The number of rotatable bonds is 21. The van der Waals surface area contributed by atoms with Gasteiger partial charge >= 0.3 is 6.03 Å². The summed E-state index contributed by atoms with van der Waals surface area (Å²) in [4.78, 5) is 12.5. The first kappa shape index (κ1) is 33.5. The molecule has 0 fully saturated rings. The molecule has 0 aliphatic rings. The summed E-state index contributed by atoms with van der Waals surface area (Å²) >= 11 is 0. The van der Waals surface area contributed by atoms with E-state index in [2.05, 4.69) is 44.7 Å². The molecule has 1 aromatic rings. The van der Waals surface area contributed by atoms with Crippen LogP contribution in [-0.2, 0) is 10.0 Å². The lowest BCUT2D eigenvalue weighted by atomic mass is 9.93. The minimum absolute atomic E-state index is 0.0122. The topological polar surface area (TPSA) is 75.3 Å². The van der Waals surface area contributed by atoms with Crippen LogP contribution < -0.4 is 10.0 Å². The maximum Gasteiger partial charge on any atom is 0.332 e. The van der Waals surface area contributed by atoms with Crippen molar-refractivity contribution < 1.29 is 13.2 Å². The second-order valence-electron chi connectivity index (χ2n) is 11.3. The van der Waals surface area contributed by atoms with E-state index in [4.69, 9.17) is 0 Å². The third kappa shape index (κ3) is 15.4. The number of amides is 2. The first-order chi connectivity index (χ1) is 17.7. The highest BCUT2D eigenvalue weighted by Crippen LogP contribution is 2.32. The number of hydrogen-bond donors (Lipinski definition) is 2. The fraction of sp³-hybridized carbons (Fsp3) is 0.774. The molecule has 2 amide bonds. The number of benzene rings is 1. The summed E-state index contributed by atoms with van der Waals surface area (Å²) < 4.78 is 27.1. The number of sulfonamides is 1. The molecule has 0 saturated carbocycles. The van der Waals surface area contributed by atoms with Crippen LogP contribution in [0.3, 0.4) is 0 Å². The maximum atomic E-state index is 12.5. The molecule has 0 aromatic heterocycles. The maximum absolute atomic E-state index is 12.5. The molecule has 0 bridgehead atoms. The van der Waals surface area contributed by atoms with Crippen LogP contribution in [0, 0.1) is 0 Å². The average molecular weight is 537 g/mol. The van der Waals surface area contributed by atoms with Gasteiger partial charge in [-0.15, -0.1) is 0 Å². The van der Waals surface area contributed by atoms with Crippen molar-refractivity contribution in [3.8, 4) is 0 Å². The molecule has 214 valence electrons. The van der Waals surface area contributed by atoms with Crippen molar-refractivity contribution in [2.45, 2.75) is 149 Å². The van der Waals surface area contributed by atoms with E-state index < -0.39 is 16.1 Å². The van der Waals surface area contributed by atoms with Crippen molar-refractivity contribution >= 4 is 21.7 Å². The number of urea groups is 1. The lowest BCUT2D eigenvalue weighted by Crippen LogP contribution is -2.36. The largest absolute Gasteiger partial charge is 0.332 e. The third-order valence-electron chi connectivity index (χ3n) is 7.13. The van der Waals surface area contributed by atoms with Gasteiger partial charge in [0.15, 0.2) is 0 Å². The van der Waals surface area contributed by atoms with E-state index in [1.165, 1.54) is 77.0 Å². The standard InChI is InChI=1S/C31H56N2O3S/c1-6-7-8-9-10-11-12-13-14-15-16-17-18-19-20-21-25-37(35,36)33-31(34)32-30-28(26(2)3)23-22-24-29(30)27(4)5/h22-24,26-27H,6-21,25H2,1-5H3,(H2,32,33,34). The van der Waals surface area contributed by atoms with Gasteiger partial charge in [-0.3, -0.25) is 0 Å². The Morgan fingerprint density at radius 2 is 1.05 bits per heavy atom. The Balaban J connectivity index is 2.18. The van der Waals surface area contributed by atoms with Crippen LogP contribution in [0.2, 0.25) is 0 Å². The second-order valence-corrected chi connectivity index (χ2v) is 13.1. The summed E-state index contributed by atoms with van der Waals surface area (Å²) in [6.07, 6.45) is 19.9. The summed E-state index contributed by atoms with van der Waals surface area (Å²) in [5.41, 5.74) is 2.75. The van der Waals surface area contributed by atoms with Gasteiger partial charge in [-0.05, 0) is 29.4 Å². The van der Waals surface area contributed by atoms with Gasteiger partial charge in [-0.2, -0.15) is 0 Å². The number of para-hydroxylation sites is 1. The van der Waals surface area contributed by atoms with Crippen molar-refractivity contribution in [3.63, 3.8) is 0 Å². The summed E-state index contributed by atoms with van der Waals surface area (Å²) in [5.74, 6) is 0.424. The molecule has 0 radical (unpaired) electrons. The Labute approximate surface area is 229 Å². The van der Waals surface area contributed by atoms with E-state index >= 15 is 0 Å². The van der Waals surface area contributed by atoms with E-state index in [9.17, 15) is 13.2 Å². The Kier molecular flexibility index (Phi) is 17.6. The van der Waals surface area contributed by atoms with Gasteiger partial charge in [-0.25, -0.2) is 17.9 Å². The first-order valence-corrected chi connectivity index (χ1v) is 16.8. The van der Waals surface area contributed by atoms with E-state index in [1.54, 1.807) is 0 Å². The number of nitrogens with one attached hydrogen (secondary N) is 2. The molecule has 0 unspecified atom stereocenters. The van der Waals surface area contributed by atoms with Crippen molar-refractivity contribution in [3.05, 3.63) is 29.3 Å². The van der Waals surface area contributed by atoms with Crippen LogP contribution in [0.15, 0.2) is 18.2 Å². The highest BCUT2D eigenvalue weighted by Gasteiger charge is 2.19. The van der Waals surface area contributed by atoms with Gasteiger partial charge in [0.25, 0.3) is 0 Å². The fourth-order valence-electron chi connectivity index (χ4n) is 4.87. The van der Waals surface area contributed by atoms with E-state index in [0.29, 0.717) is 6.42 Å². The zero-order chi connectivity index (χ0) is 27.5. The lowest BCUT2D eigenvalue weighted by Gasteiger charge is -2.20. The molecule has 0 aliphatic carbocycles. The van der Waals surface area contributed by atoms with Gasteiger partial charge in [-0.1, -0.05) is 149 Å². The molecule has 5 nitrogen and oxygen atoms in total. The molecule has 2 N–H and O–H groups in total. The van der Waals surface area contributed by atoms with Crippen LogP contribution in [0.1, 0.15) is 160 Å². The lowest BCUT2D eigenvalue weighted by molar-refractivity contribution is 0.256. The smallest absolute Gasteiger partial charge is 0.307 e. The normalized spacial score (nSPS) is 11.9.